The molecule has 0 amide bonds. The van der Waals surface area contributed by atoms with Crippen LogP contribution < -0.4 is 5.32 Å². The number of ether oxygens (including phenoxy) is 1. The van der Waals surface area contributed by atoms with Crippen molar-refractivity contribution in [2.45, 2.75) is 31.8 Å². The van der Waals surface area contributed by atoms with Crippen molar-refractivity contribution in [1.82, 2.24) is 10.2 Å². The van der Waals surface area contributed by atoms with Gasteiger partial charge in [0.1, 0.15) is 5.54 Å². The Balaban J connectivity index is 2.71. The van der Waals surface area contributed by atoms with Crippen LogP contribution >= 0.6 is 0 Å². The summed E-state index contributed by atoms with van der Waals surface area (Å²) in [5.74, 6) is -0.150. The van der Waals surface area contributed by atoms with Crippen molar-refractivity contribution in [3.8, 4) is 0 Å². The molecule has 0 bridgehead atoms. The first kappa shape index (κ1) is 11.5. The predicted octanol–water partition coefficient (Wildman–Crippen LogP) is 0.232. The Labute approximate surface area is 85.6 Å². The lowest BCUT2D eigenvalue weighted by Crippen LogP contribution is -2.53. The number of hydrogen-bond acceptors (Lipinski definition) is 4. The molecular formula is C10H20N2O2. The number of methoxy groups -OCH3 is 1. The highest BCUT2D eigenvalue weighted by Gasteiger charge is 2.44. The molecule has 0 spiro atoms. The quantitative estimate of drug-likeness (QED) is 0.662. The molecular weight excluding hydrogens is 180 g/mol. The SMILES string of the molecule is CNC1(C(=O)OC)CCN(C(C)C)C1. The Kier molecular flexibility index (Phi) is 3.50. The van der Waals surface area contributed by atoms with Crippen LogP contribution in [0.2, 0.25) is 0 Å². The number of hydrogen-bond donors (Lipinski definition) is 1. The fourth-order valence-electron chi connectivity index (χ4n) is 1.95. The molecule has 1 N–H and O–H groups in total. The van der Waals surface area contributed by atoms with E-state index in [0.717, 1.165) is 19.5 Å². The summed E-state index contributed by atoms with van der Waals surface area (Å²) in [6.07, 6.45) is 0.828. The fourth-order valence-corrected chi connectivity index (χ4v) is 1.95. The van der Waals surface area contributed by atoms with Crippen molar-refractivity contribution >= 4 is 5.97 Å². The van der Waals surface area contributed by atoms with Crippen LogP contribution in [0.5, 0.6) is 0 Å². The van der Waals surface area contributed by atoms with Gasteiger partial charge in [0, 0.05) is 19.1 Å². The third-order valence-corrected chi connectivity index (χ3v) is 3.08. The first-order valence-electron chi connectivity index (χ1n) is 5.07. The van der Waals surface area contributed by atoms with E-state index in [4.69, 9.17) is 4.74 Å². The molecule has 0 aromatic carbocycles. The molecule has 1 saturated heterocycles. The highest BCUT2D eigenvalue weighted by atomic mass is 16.5. The van der Waals surface area contributed by atoms with Crippen molar-refractivity contribution < 1.29 is 9.53 Å². The molecule has 0 saturated carbocycles. The van der Waals surface area contributed by atoms with E-state index >= 15 is 0 Å². The molecule has 1 aliphatic rings. The van der Waals surface area contributed by atoms with Gasteiger partial charge in [-0.15, -0.1) is 0 Å². The minimum atomic E-state index is -0.487. The molecule has 4 nitrogen and oxygen atoms in total. The molecule has 0 aliphatic carbocycles. The largest absolute Gasteiger partial charge is 0.468 e. The van der Waals surface area contributed by atoms with Gasteiger partial charge in [-0.05, 0) is 27.3 Å². The molecule has 4 heteroatoms. The summed E-state index contributed by atoms with van der Waals surface area (Å²) >= 11 is 0. The zero-order chi connectivity index (χ0) is 10.8. The lowest BCUT2D eigenvalue weighted by atomic mass is 9.99. The van der Waals surface area contributed by atoms with Crippen molar-refractivity contribution in [1.29, 1.82) is 0 Å². The molecule has 82 valence electrons. The molecule has 1 heterocycles. The summed E-state index contributed by atoms with van der Waals surface area (Å²) in [6, 6.07) is 0.481. The Morgan fingerprint density at radius 2 is 2.21 bits per heavy atom. The van der Waals surface area contributed by atoms with E-state index in [1.807, 2.05) is 7.05 Å². The first-order valence-corrected chi connectivity index (χ1v) is 5.07. The third-order valence-electron chi connectivity index (χ3n) is 3.08. The number of likely N-dealkylation sites (N-methyl/N-ethyl adjacent to an activating group) is 1. The fraction of sp³-hybridized carbons (Fsp3) is 0.900. The lowest BCUT2D eigenvalue weighted by Gasteiger charge is -2.27. The number of nitrogens with zero attached hydrogens (tertiary/aromatic N) is 1. The predicted molar refractivity (Wildman–Crippen MR) is 55.1 cm³/mol. The van der Waals surface area contributed by atoms with Crippen LogP contribution in [0.4, 0.5) is 0 Å². The second kappa shape index (κ2) is 4.28. The van der Waals surface area contributed by atoms with Gasteiger partial charge in [-0.1, -0.05) is 0 Å². The van der Waals surface area contributed by atoms with Gasteiger partial charge in [-0.25, -0.2) is 0 Å². The zero-order valence-corrected chi connectivity index (χ0v) is 9.46. The van der Waals surface area contributed by atoms with Gasteiger partial charge < -0.3 is 10.1 Å². The monoisotopic (exact) mass is 200 g/mol. The van der Waals surface area contributed by atoms with E-state index in [2.05, 4.69) is 24.1 Å². The Bertz CT molecular complexity index is 218. The van der Waals surface area contributed by atoms with Gasteiger partial charge in [-0.2, -0.15) is 0 Å². The van der Waals surface area contributed by atoms with Crippen LogP contribution in [0.3, 0.4) is 0 Å². The lowest BCUT2D eigenvalue weighted by molar-refractivity contribution is -0.147. The molecule has 1 rings (SSSR count). The molecule has 1 fully saturated rings. The average molecular weight is 200 g/mol. The number of carbonyl (C=O) groups excluding carboxylic acids is 1. The minimum Gasteiger partial charge on any atom is -0.468 e. The number of nitrogens with one attached hydrogen (secondary N) is 1. The van der Waals surface area contributed by atoms with Crippen LogP contribution in [0.15, 0.2) is 0 Å². The van der Waals surface area contributed by atoms with Crippen molar-refractivity contribution in [3.63, 3.8) is 0 Å². The Morgan fingerprint density at radius 1 is 1.57 bits per heavy atom. The van der Waals surface area contributed by atoms with Gasteiger partial charge in [-0.3, -0.25) is 9.69 Å². The van der Waals surface area contributed by atoms with Crippen molar-refractivity contribution in [2.24, 2.45) is 0 Å². The zero-order valence-electron chi connectivity index (χ0n) is 9.46. The molecule has 0 aromatic rings. The average Bonchev–Trinajstić information content (AvgIpc) is 2.62. The van der Waals surface area contributed by atoms with E-state index in [-0.39, 0.29) is 5.97 Å². The van der Waals surface area contributed by atoms with Crippen LogP contribution in [-0.4, -0.2) is 49.7 Å². The first-order chi connectivity index (χ1) is 6.55. The molecule has 0 radical (unpaired) electrons. The van der Waals surface area contributed by atoms with Crippen molar-refractivity contribution in [2.75, 3.05) is 27.2 Å². The van der Waals surface area contributed by atoms with Gasteiger partial charge in [0.15, 0.2) is 0 Å². The van der Waals surface area contributed by atoms with Crippen LogP contribution in [0.1, 0.15) is 20.3 Å². The van der Waals surface area contributed by atoms with Gasteiger partial charge in [0.05, 0.1) is 7.11 Å². The molecule has 14 heavy (non-hydrogen) atoms. The number of likely N-dealkylation sites (tertiary alicyclic amines) is 1. The number of esters is 1. The van der Waals surface area contributed by atoms with Crippen molar-refractivity contribution in [3.05, 3.63) is 0 Å². The minimum absolute atomic E-state index is 0.150. The summed E-state index contributed by atoms with van der Waals surface area (Å²) in [6.45, 7) is 5.98. The smallest absolute Gasteiger partial charge is 0.327 e. The number of carbonyl (C=O) groups is 1. The number of rotatable bonds is 3. The second-order valence-electron chi connectivity index (χ2n) is 4.14. The summed E-state index contributed by atoms with van der Waals surface area (Å²) in [5, 5.41) is 3.10. The van der Waals surface area contributed by atoms with E-state index in [1.165, 1.54) is 7.11 Å². The summed E-state index contributed by atoms with van der Waals surface area (Å²) in [5.41, 5.74) is -0.487. The molecule has 1 aliphatic heterocycles. The maximum atomic E-state index is 11.6. The van der Waals surface area contributed by atoms with Gasteiger partial charge in [0.2, 0.25) is 0 Å². The maximum absolute atomic E-state index is 11.6. The molecule has 1 unspecified atom stereocenters. The van der Waals surface area contributed by atoms with Crippen LogP contribution in [-0.2, 0) is 9.53 Å². The van der Waals surface area contributed by atoms with Crippen LogP contribution in [0, 0.1) is 0 Å². The second-order valence-corrected chi connectivity index (χ2v) is 4.14. The Hall–Kier alpha value is -0.610. The third kappa shape index (κ3) is 1.91. The van der Waals surface area contributed by atoms with Gasteiger partial charge in [0.25, 0.3) is 0 Å². The molecule has 1 atom stereocenters. The summed E-state index contributed by atoms with van der Waals surface area (Å²) < 4.78 is 4.83. The highest BCUT2D eigenvalue weighted by Crippen LogP contribution is 2.23. The topological polar surface area (TPSA) is 41.6 Å². The van der Waals surface area contributed by atoms with E-state index in [1.54, 1.807) is 0 Å². The van der Waals surface area contributed by atoms with E-state index in [9.17, 15) is 4.79 Å². The highest BCUT2D eigenvalue weighted by molar-refractivity contribution is 5.81. The normalized spacial score (nSPS) is 28.4. The van der Waals surface area contributed by atoms with E-state index < -0.39 is 5.54 Å². The summed E-state index contributed by atoms with van der Waals surface area (Å²) in [4.78, 5) is 13.9. The van der Waals surface area contributed by atoms with E-state index in [0.29, 0.717) is 6.04 Å². The van der Waals surface area contributed by atoms with Crippen LogP contribution in [0.25, 0.3) is 0 Å². The molecule has 0 aromatic heterocycles. The Morgan fingerprint density at radius 3 is 2.57 bits per heavy atom. The standard InChI is InChI=1S/C10H20N2O2/c1-8(2)12-6-5-10(7-12,11-3)9(13)14-4/h8,11H,5-7H2,1-4H3. The maximum Gasteiger partial charge on any atom is 0.327 e. The van der Waals surface area contributed by atoms with Gasteiger partial charge >= 0.3 is 5.97 Å². The summed E-state index contributed by atoms with van der Waals surface area (Å²) in [7, 11) is 3.26.